The summed E-state index contributed by atoms with van der Waals surface area (Å²) in [5.74, 6) is -3.82. The number of carbonyl (C=O) groups excluding carboxylic acids is 4. The summed E-state index contributed by atoms with van der Waals surface area (Å²) in [6, 6.07) is -4.30. The molecule has 0 saturated heterocycles. The summed E-state index contributed by atoms with van der Waals surface area (Å²) in [7, 11) is 0. The number of primary amides is 1. The highest BCUT2D eigenvalue weighted by Crippen LogP contribution is 2.08. The van der Waals surface area contributed by atoms with Crippen LogP contribution in [0.4, 0.5) is 0 Å². The van der Waals surface area contributed by atoms with Gasteiger partial charge in [-0.25, -0.2) is 4.79 Å². The van der Waals surface area contributed by atoms with E-state index in [2.05, 4.69) is 20.9 Å². The maximum absolute atomic E-state index is 13.0. The van der Waals surface area contributed by atoms with Crippen LogP contribution in [0.3, 0.4) is 0 Å². The summed E-state index contributed by atoms with van der Waals surface area (Å²) >= 11 is 1.43. The number of nitrogens with zero attached hydrogens (tertiary/aromatic N) is 1. The van der Waals surface area contributed by atoms with E-state index in [0.717, 1.165) is 0 Å². The number of aliphatic carboxylic acids is 1. The number of hydrogen-bond donors (Lipinski definition) is 8. The zero-order chi connectivity index (χ0) is 27.8. The molecule has 0 aromatic heterocycles. The van der Waals surface area contributed by atoms with Crippen LogP contribution in [-0.4, -0.2) is 83.4 Å². The van der Waals surface area contributed by atoms with Crippen LogP contribution in [0.2, 0.25) is 0 Å². The number of nitrogens with two attached hydrogens (primary N) is 4. The molecule has 0 aromatic carbocycles. The summed E-state index contributed by atoms with van der Waals surface area (Å²) in [5, 5.41) is 16.9. The molecule has 0 spiro atoms. The lowest BCUT2D eigenvalue weighted by atomic mass is 10.0. The molecule has 15 heteroatoms. The fraction of sp³-hybridized carbons (Fsp3) is 0.714. The van der Waals surface area contributed by atoms with Crippen molar-refractivity contribution in [2.24, 2.45) is 33.8 Å². The van der Waals surface area contributed by atoms with Gasteiger partial charge in [0.15, 0.2) is 5.96 Å². The Balaban J connectivity index is 5.30. The minimum Gasteiger partial charge on any atom is -0.480 e. The van der Waals surface area contributed by atoms with Crippen molar-refractivity contribution >= 4 is 47.3 Å². The van der Waals surface area contributed by atoms with Gasteiger partial charge < -0.3 is 44.0 Å². The molecule has 0 bridgehead atoms. The molecule has 0 heterocycles. The number of hydrogen-bond acceptors (Lipinski definition) is 8. The summed E-state index contributed by atoms with van der Waals surface area (Å²) in [5.41, 5.74) is 21.5. The van der Waals surface area contributed by atoms with Gasteiger partial charge >= 0.3 is 5.97 Å². The fourth-order valence-electron chi connectivity index (χ4n) is 3.03. The van der Waals surface area contributed by atoms with E-state index in [9.17, 15) is 29.1 Å². The van der Waals surface area contributed by atoms with Crippen molar-refractivity contribution in [3.63, 3.8) is 0 Å². The Morgan fingerprint density at radius 1 is 0.889 bits per heavy atom. The molecule has 36 heavy (non-hydrogen) atoms. The van der Waals surface area contributed by atoms with Gasteiger partial charge in [0.05, 0.1) is 6.04 Å². The van der Waals surface area contributed by atoms with Gasteiger partial charge in [0.25, 0.3) is 0 Å². The molecule has 0 aliphatic heterocycles. The number of carboxylic acids is 1. The quantitative estimate of drug-likeness (QED) is 0.0526. The van der Waals surface area contributed by atoms with Crippen LogP contribution in [-0.2, 0) is 24.0 Å². The third-order valence-corrected chi connectivity index (χ3v) is 5.73. The van der Waals surface area contributed by atoms with E-state index < -0.39 is 53.8 Å². The smallest absolute Gasteiger partial charge is 0.326 e. The normalized spacial score (nSPS) is 14.1. The first-order valence-electron chi connectivity index (χ1n) is 11.5. The minimum atomic E-state index is -1.35. The highest BCUT2D eigenvalue weighted by molar-refractivity contribution is 7.98. The van der Waals surface area contributed by atoms with Crippen molar-refractivity contribution in [2.75, 3.05) is 18.6 Å². The molecule has 206 valence electrons. The second kappa shape index (κ2) is 17.4. The molecule has 14 nitrogen and oxygen atoms in total. The van der Waals surface area contributed by atoms with Gasteiger partial charge in [0.1, 0.15) is 18.1 Å². The molecule has 4 amide bonds. The first-order chi connectivity index (χ1) is 16.8. The Morgan fingerprint density at radius 2 is 1.50 bits per heavy atom. The summed E-state index contributed by atoms with van der Waals surface area (Å²) in [6.07, 6.45) is 2.36. The molecular weight excluding hydrogens is 492 g/mol. The lowest BCUT2D eigenvalue weighted by Crippen LogP contribution is -2.58. The minimum absolute atomic E-state index is 0.0628. The zero-order valence-corrected chi connectivity index (χ0v) is 21.8. The standard InChI is InChI=1S/C21H40N8O6S/c1-11(2)16(29-17(31)12(22)5-4-9-26-21(24)25)19(33)27-13(8-10-36-3)18(32)28-14(20(34)35)6-7-15(23)30/h11-14,16H,4-10,22H2,1-3H3,(H2,23,30)(H,27,33)(H,28,32)(H,29,31)(H,34,35)(H4,24,25,26). The SMILES string of the molecule is CSCCC(NC(=O)C(NC(=O)C(N)CCCN=C(N)N)C(C)C)C(=O)NC(CCC(N)=O)C(=O)O. The highest BCUT2D eigenvalue weighted by Gasteiger charge is 2.31. The summed E-state index contributed by atoms with van der Waals surface area (Å²) < 4.78 is 0. The molecule has 0 radical (unpaired) electrons. The Hall–Kier alpha value is -3.07. The van der Waals surface area contributed by atoms with Crippen molar-refractivity contribution < 1.29 is 29.1 Å². The van der Waals surface area contributed by atoms with Gasteiger partial charge in [-0.2, -0.15) is 11.8 Å². The van der Waals surface area contributed by atoms with E-state index in [1.165, 1.54) is 11.8 Å². The number of nitrogens with one attached hydrogen (secondary N) is 3. The molecule has 0 fully saturated rings. The fourth-order valence-corrected chi connectivity index (χ4v) is 3.50. The van der Waals surface area contributed by atoms with E-state index in [4.69, 9.17) is 22.9 Å². The molecule has 4 atom stereocenters. The molecule has 12 N–H and O–H groups in total. The number of amides is 4. The van der Waals surface area contributed by atoms with Crippen molar-refractivity contribution in [1.82, 2.24) is 16.0 Å². The third kappa shape index (κ3) is 13.7. The van der Waals surface area contributed by atoms with Crippen molar-refractivity contribution in [2.45, 2.75) is 70.1 Å². The first-order valence-corrected chi connectivity index (χ1v) is 12.9. The van der Waals surface area contributed by atoms with E-state index >= 15 is 0 Å². The van der Waals surface area contributed by atoms with E-state index in [1.54, 1.807) is 13.8 Å². The summed E-state index contributed by atoms with van der Waals surface area (Å²) in [6.45, 7) is 3.74. The lowest BCUT2D eigenvalue weighted by Gasteiger charge is -2.27. The molecule has 0 aromatic rings. The van der Waals surface area contributed by atoms with Gasteiger partial charge in [0.2, 0.25) is 23.6 Å². The molecule has 0 aliphatic rings. The van der Waals surface area contributed by atoms with E-state index in [1.807, 2.05) is 6.26 Å². The Morgan fingerprint density at radius 3 is 2.00 bits per heavy atom. The largest absolute Gasteiger partial charge is 0.480 e. The molecule has 0 saturated carbocycles. The number of carboxylic acid groups (broad SMARTS) is 1. The van der Waals surface area contributed by atoms with Gasteiger partial charge in [-0.15, -0.1) is 0 Å². The maximum atomic E-state index is 13.0. The first kappa shape index (κ1) is 32.9. The predicted molar refractivity (Wildman–Crippen MR) is 138 cm³/mol. The number of thioether (sulfide) groups is 1. The second-order valence-corrected chi connectivity index (χ2v) is 9.52. The lowest BCUT2D eigenvalue weighted by molar-refractivity contribution is -0.142. The van der Waals surface area contributed by atoms with Crippen LogP contribution in [0.1, 0.15) is 46.0 Å². The zero-order valence-electron chi connectivity index (χ0n) is 21.0. The van der Waals surface area contributed by atoms with Crippen molar-refractivity contribution in [3.8, 4) is 0 Å². The molecular formula is C21H40N8O6S. The van der Waals surface area contributed by atoms with Crippen LogP contribution < -0.4 is 38.9 Å². The number of guanidine groups is 1. The van der Waals surface area contributed by atoms with Crippen molar-refractivity contribution in [3.05, 3.63) is 0 Å². The Labute approximate surface area is 215 Å². The van der Waals surface area contributed by atoms with Crippen LogP contribution in [0.15, 0.2) is 4.99 Å². The van der Waals surface area contributed by atoms with Gasteiger partial charge in [-0.05, 0) is 43.6 Å². The number of rotatable bonds is 18. The highest BCUT2D eigenvalue weighted by atomic mass is 32.2. The number of aliphatic imine (C=N–C) groups is 1. The molecule has 0 aliphatic carbocycles. The second-order valence-electron chi connectivity index (χ2n) is 8.53. The van der Waals surface area contributed by atoms with E-state index in [-0.39, 0.29) is 37.6 Å². The molecule has 0 rings (SSSR count). The predicted octanol–water partition coefficient (Wildman–Crippen LogP) is -2.42. The van der Waals surface area contributed by atoms with Gasteiger partial charge in [-0.1, -0.05) is 13.8 Å². The van der Waals surface area contributed by atoms with E-state index in [0.29, 0.717) is 18.7 Å². The van der Waals surface area contributed by atoms with Crippen LogP contribution in [0.5, 0.6) is 0 Å². The third-order valence-electron chi connectivity index (χ3n) is 5.09. The van der Waals surface area contributed by atoms with Crippen LogP contribution >= 0.6 is 11.8 Å². The Kier molecular flexibility index (Phi) is 15.9. The summed E-state index contributed by atoms with van der Waals surface area (Å²) in [4.78, 5) is 64.7. The maximum Gasteiger partial charge on any atom is 0.326 e. The Bertz CT molecular complexity index is 790. The van der Waals surface area contributed by atoms with Crippen LogP contribution in [0, 0.1) is 5.92 Å². The van der Waals surface area contributed by atoms with Crippen LogP contribution in [0.25, 0.3) is 0 Å². The monoisotopic (exact) mass is 532 g/mol. The van der Waals surface area contributed by atoms with Gasteiger partial charge in [-0.3, -0.25) is 24.2 Å². The molecule has 4 unspecified atom stereocenters. The number of carbonyl (C=O) groups is 5. The topological polar surface area (TPSA) is 258 Å². The average Bonchev–Trinajstić information content (AvgIpc) is 2.78. The average molecular weight is 533 g/mol. The van der Waals surface area contributed by atoms with Gasteiger partial charge in [0, 0.05) is 13.0 Å². The van der Waals surface area contributed by atoms with Crippen molar-refractivity contribution in [1.29, 1.82) is 0 Å².